The van der Waals surface area contributed by atoms with Gasteiger partial charge in [0.15, 0.2) is 0 Å². The number of carbonyl (C=O) groups excluding carboxylic acids is 1. The Morgan fingerprint density at radius 1 is 1.60 bits per heavy atom. The Balaban J connectivity index is 2.61. The predicted octanol–water partition coefficient (Wildman–Crippen LogP) is 3.24. The van der Waals surface area contributed by atoms with E-state index in [1.54, 1.807) is 0 Å². The molecule has 84 valence electrons. The molecule has 0 heterocycles. The topological polar surface area (TPSA) is 26.3 Å². The van der Waals surface area contributed by atoms with E-state index in [4.69, 9.17) is 4.74 Å². The molecule has 2 nitrogen and oxygen atoms in total. The zero-order valence-corrected chi connectivity index (χ0v) is 9.93. The maximum Gasteiger partial charge on any atom is 0.305 e. The minimum atomic E-state index is -0.123. The normalized spacial score (nSPS) is 20.6. The highest BCUT2D eigenvalue weighted by Gasteiger charge is 2.24. The van der Waals surface area contributed by atoms with Crippen molar-refractivity contribution >= 4 is 5.97 Å². The van der Waals surface area contributed by atoms with E-state index in [0.29, 0.717) is 18.9 Å². The molecule has 2 heteroatoms. The Kier molecular flexibility index (Phi) is 4.13. The fraction of sp³-hybridized carbons (Fsp3) is 0.615. The molecule has 15 heavy (non-hydrogen) atoms. The van der Waals surface area contributed by atoms with E-state index in [2.05, 4.69) is 13.5 Å². The summed E-state index contributed by atoms with van der Waals surface area (Å²) in [5.74, 6) is 0.303. The number of esters is 1. The number of hydrogen-bond acceptors (Lipinski definition) is 2. The van der Waals surface area contributed by atoms with Crippen molar-refractivity contribution in [2.24, 2.45) is 5.92 Å². The van der Waals surface area contributed by atoms with E-state index in [-0.39, 0.29) is 5.97 Å². The van der Waals surface area contributed by atoms with Crippen molar-refractivity contribution in [3.63, 3.8) is 0 Å². The van der Waals surface area contributed by atoms with E-state index < -0.39 is 0 Å². The maximum atomic E-state index is 11.1. The number of carbonyl (C=O) groups is 1. The molecule has 1 rings (SSSR count). The Morgan fingerprint density at radius 3 is 2.80 bits per heavy atom. The van der Waals surface area contributed by atoms with Gasteiger partial charge in [-0.15, -0.1) is 0 Å². The molecule has 0 bridgehead atoms. The van der Waals surface area contributed by atoms with Crippen LogP contribution >= 0.6 is 0 Å². The SMILES string of the molecule is C=C(C)[C@@H]1CCC(C)=C1COC(=O)CC. The first-order valence-electron chi connectivity index (χ1n) is 5.55. The van der Waals surface area contributed by atoms with Gasteiger partial charge in [0.1, 0.15) is 6.61 Å². The van der Waals surface area contributed by atoms with Crippen LogP contribution in [0.1, 0.15) is 40.0 Å². The summed E-state index contributed by atoms with van der Waals surface area (Å²) in [6, 6.07) is 0. The lowest BCUT2D eigenvalue weighted by atomic mass is 9.95. The Bertz CT molecular complexity index is 300. The second-order valence-corrected chi connectivity index (χ2v) is 4.26. The van der Waals surface area contributed by atoms with E-state index in [1.807, 2.05) is 13.8 Å². The number of ether oxygens (including phenoxy) is 1. The molecule has 0 unspecified atom stereocenters. The van der Waals surface area contributed by atoms with Gasteiger partial charge in [0, 0.05) is 12.3 Å². The molecule has 0 fully saturated rings. The Hall–Kier alpha value is -1.05. The Morgan fingerprint density at radius 2 is 2.27 bits per heavy atom. The second kappa shape index (κ2) is 5.15. The van der Waals surface area contributed by atoms with Gasteiger partial charge in [-0.3, -0.25) is 4.79 Å². The number of allylic oxidation sites excluding steroid dienone is 2. The molecule has 0 aliphatic heterocycles. The fourth-order valence-corrected chi connectivity index (χ4v) is 2.02. The first kappa shape index (κ1) is 12.0. The summed E-state index contributed by atoms with van der Waals surface area (Å²) in [6.45, 7) is 10.4. The highest BCUT2D eigenvalue weighted by Crippen LogP contribution is 2.35. The smallest absolute Gasteiger partial charge is 0.305 e. The maximum absolute atomic E-state index is 11.1. The summed E-state index contributed by atoms with van der Waals surface area (Å²) in [7, 11) is 0. The third-order valence-electron chi connectivity index (χ3n) is 3.05. The molecule has 0 N–H and O–H groups in total. The van der Waals surface area contributed by atoms with Crippen LogP contribution in [0.3, 0.4) is 0 Å². The van der Waals surface area contributed by atoms with Crippen LogP contribution in [0.25, 0.3) is 0 Å². The molecule has 1 aliphatic rings. The largest absolute Gasteiger partial charge is 0.461 e. The molecule has 0 saturated heterocycles. The lowest BCUT2D eigenvalue weighted by Crippen LogP contribution is -2.11. The highest BCUT2D eigenvalue weighted by atomic mass is 16.5. The van der Waals surface area contributed by atoms with Crippen molar-refractivity contribution in [2.75, 3.05) is 6.61 Å². The predicted molar refractivity (Wildman–Crippen MR) is 61.5 cm³/mol. The van der Waals surface area contributed by atoms with Crippen LogP contribution in [0.5, 0.6) is 0 Å². The van der Waals surface area contributed by atoms with E-state index in [9.17, 15) is 4.79 Å². The van der Waals surface area contributed by atoms with Gasteiger partial charge in [-0.1, -0.05) is 24.6 Å². The monoisotopic (exact) mass is 208 g/mol. The Labute approximate surface area is 92.0 Å². The van der Waals surface area contributed by atoms with Crippen LogP contribution in [-0.4, -0.2) is 12.6 Å². The standard InChI is InChI=1S/C13H20O2/c1-5-13(14)15-8-12-10(4)6-7-11(12)9(2)3/h11H,2,5-8H2,1,3-4H3/t11-/m0/s1. The van der Waals surface area contributed by atoms with Gasteiger partial charge in [0.2, 0.25) is 0 Å². The van der Waals surface area contributed by atoms with Gasteiger partial charge in [-0.25, -0.2) is 0 Å². The number of rotatable bonds is 4. The van der Waals surface area contributed by atoms with E-state index >= 15 is 0 Å². The second-order valence-electron chi connectivity index (χ2n) is 4.26. The van der Waals surface area contributed by atoms with Crippen molar-refractivity contribution in [2.45, 2.75) is 40.0 Å². The van der Waals surface area contributed by atoms with Crippen LogP contribution in [0.15, 0.2) is 23.3 Å². The average molecular weight is 208 g/mol. The zero-order chi connectivity index (χ0) is 11.4. The van der Waals surface area contributed by atoms with Crippen molar-refractivity contribution in [1.29, 1.82) is 0 Å². The molecule has 0 amide bonds. The summed E-state index contributed by atoms with van der Waals surface area (Å²) in [5.41, 5.74) is 3.81. The van der Waals surface area contributed by atoms with Crippen molar-refractivity contribution in [3.8, 4) is 0 Å². The van der Waals surface area contributed by atoms with E-state index in [0.717, 1.165) is 12.8 Å². The molecular formula is C13H20O2. The van der Waals surface area contributed by atoms with Gasteiger partial charge in [-0.2, -0.15) is 0 Å². The third kappa shape index (κ3) is 2.95. The minimum Gasteiger partial charge on any atom is -0.461 e. The molecule has 1 atom stereocenters. The molecule has 0 spiro atoms. The lowest BCUT2D eigenvalue weighted by Gasteiger charge is -2.15. The minimum absolute atomic E-state index is 0.123. The molecule has 0 saturated carbocycles. The first-order chi connectivity index (χ1) is 7.06. The van der Waals surface area contributed by atoms with Crippen LogP contribution in [0.4, 0.5) is 0 Å². The summed E-state index contributed by atoms with van der Waals surface area (Å²) >= 11 is 0. The quantitative estimate of drug-likeness (QED) is 0.523. The van der Waals surface area contributed by atoms with Crippen molar-refractivity contribution in [1.82, 2.24) is 0 Å². The van der Waals surface area contributed by atoms with Gasteiger partial charge in [0.05, 0.1) is 0 Å². The summed E-state index contributed by atoms with van der Waals surface area (Å²) < 4.78 is 5.19. The van der Waals surface area contributed by atoms with Crippen LogP contribution < -0.4 is 0 Å². The van der Waals surface area contributed by atoms with Gasteiger partial charge in [-0.05, 0) is 32.3 Å². The fourth-order valence-electron chi connectivity index (χ4n) is 2.02. The molecule has 0 aromatic heterocycles. The average Bonchev–Trinajstić information content (AvgIpc) is 2.56. The van der Waals surface area contributed by atoms with Gasteiger partial charge in [0.25, 0.3) is 0 Å². The third-order valence-corrected chi connectivity index (χ3v) is 3.05. The summed E-state index contributed by atoms with van der Waals surface area (Å²) in [5, 5.41) is 0. The molecule has 1 aliphatic carbocycles. The molecule has 0 aromatic rings. The summed E-state index contributed by atoms with van der Waals surface area (Å²) in [4.78, 5) is 11.1. The van der Waals surface area contributed by atoms with Gasteiger partial charge < -0.3 is 4.74 Å². The molecular weight excluding hydrogens is 188 g/mol. The van der Waals surface area contributed by atoms with Crippen LogP contribution in [0.2, 0.25) is 0 Å². The van der Waals surface area contributed by atoms with Crippen molar-refractivity contribution in [3.05, 3.63) is 23.3 Å². The van der Waals surface area contributed by atoms with E-state index in [1.165, 1.54) is 16.7 Å². The lowest BCUT2D eigenvalue weighted by molar-refractivity contribution is -0.142. The van der Waals surface area contributed by atoms with Gasteiger partial charge >= 0.3 is 5.97 Å². The number of hydrogen-bond donors (Lipinski definition) is 0. The zero-order valence-electron chi connectivity index (χ0n) is 9.93. The highest BCUT2D eigenvalue weighted by molar-refractivity contribution is 5.69. The van der Waals surface area contributed by atoms with Crippen molar-refractivity contribution < 1.29 is 9.53 Å². The molecule has 0 radical (unpaired) electrons. The van der Waals surface area contributed by atoms with Crippen LogP contribution in [-0.2, 0) is 9.53 Å². The molecule has 0 aromatic carbocycles. The summed E-state index contributed by atoms with van der Waals surface area (Å²) in [6.07, 6.45) is 2.68. The first-order valence-corrected chi connectivity index (χ1v) is 5.55. The van der Waals surface area contributed by atoms with Crippen LogP contribution in [0, 0.1) is 5.92 Å².